The highest BCUT2D eigenvalue weighted by Crippen LogP contribution is 2.24. The van der Waals surface area contributed by atoms with Crippen LogP contribution >= 0.6 is 0 Å². The molecule has 0 atom stereocenters. The van der Waals surface area contributed by atoms with E-state index in [9.17, 15) is 0 Å². The van der Waals surface area contributed by atoms with E-state index in [1.807, 2.05) is 50.2 Å². The number of amidine groups is 1. The molecule has 3 heteroatoms. The molecular weight excluding hydrogens is 296 g/mol. The van der Waals surface area contributed by atoms with Gasteiger partial charge in [-0.05, 0) is 38.8 Å². The lowest BCUT2D eigenvalue weighted by atomic mass is 9.95. The molecule has 0 heterocycles. The Balaban J connectivity index is 2.14. The third-order valence-corrected chi connectivity index (χ3v) is 3.79. The number of aliphatic imine (C=N–C) groups is 1. The predicted octanol–water partition coefficient (Wildman–Crippen LogP) is 4.54. The van der Waals surface area contributed by atoms with Gasteiger partial charge in [0.1, 0.15) is 12.4 Å². The maximum absolute atomic E-state index is 5.78. The second-order valence-electron chi connectivity index (χ2n) is 6.68. The van der Waals surface area contributed by atoms with Gasteiger partial charge in [0.15, 0.2) is 0 Å². The third kappa shape index (κ3) is 5.82. The summed E-state index contributed by atoms with van der Waals surface area (Å²) in [6.45, 7) is 9.56. The molecule has 0 aromatic heterocycles. The maximum Gasteiger partial charge on any atom is 0.124 e. The largest absolute Gasteiger partial charge is 0.371 e. The van der Waals surface area contributed by atoms with Gasteiger partial charge in [0, 0.05) is 6.54 Å². The maximum atomic E-state index is 5.78. The zero-order valence-electron chi connectivity index (χ0n) is 15.1. The summed E-state index contributed by atoms with van der Waals surface area (Å²) < 4.78 is 5.78. The first kappa shape index (κ1) is 18.2. The predicted molar refractivity (Wildman–Crippen MR) is 101 cm³/mol. The zero-order valence-corrected chi connectivity index (χ0v) is 15.1. The van der Waals surface area contributed by atoms with E-state index in [1.54, 1.807) is 0 Å². The lowest BCUT2D eigenvalue weighted by Gasteiger charge is -2.23. The Labute approximate surface area is 145 Å². The van der Waals surface area contributed by atoms with Crippen LogP contribution in [0.4, 0.5) is 0 Å². The molecule has 0 saturated carbocycles. The van der Waals surface area contributed by atoms with E-state index >= 15 is 0 Å². The smallest absolute Gasteiger partial charge is 0.124 e. The van der Waals surface area contributed by atoms with Crippen LogP contribution in [0.2, 0.25) is 0 Å². The molecule has 128 valence electrons. The molecule has 0 spiro atoms. The average molecular weight is 324 g/mol. The van der Waals surface area contributed by atoms with Gasteiger partial charge < -0.3 is 10.1 Å². The molecule has 2 rings (SSSR count). The lowest BCUT2D eigenvalue weighted by molar-refractivity contribution is 0.108. The van der Waals surface area contributed by atoms with Crippen molar-refractivity contribution in [3.05, 3.63) is 71.8 Å². The number of hydrogen-bond donors (Lipinski definition) is 1. The van der Waals surface area contributed by atoms with Crippen molar-refractivity contribution in [2.45, 2.75) is 45.9 Å². The van der Waals surface area contributed by atoms with Crippen molar-refractivity contribution in [2.75, 3.05) is 6.61 Å². The first-order valence-corrected chi connectivity index (χ1v) is 8.51. The van der Waals surface area contributed by atoms with E-state index in [2.05, 4.69) is 43.4 Å². The van der Waals surface area contributed by atoms with Crippen molar-refractivity contribution in [3.63, 3.8) is 0 Å². The van der Waals surface area contributed by atoms with Gasteiger partial charge >= 0.3 is 0 Å². The van der Waals surface area contributed by atoms with Crippen LogP contribution in [0.3, 0.4) is 0 Å². The van der Waals surface area contributed by atoms with Gasteiger partial charge in [0.25, 0.3) is 0 Å². The summed E-state index contributed by atoms with van der Waals surface area (Å²) in [5.74, 6) is 0.876. The SMILES string of the molecule is CC(C)OC/C(=N/C(C)(C)c1ccccc1)NCc1ccccc1. The van der Waals surface area contributed by atoms with Crippen LogP contribution in [-0.2, 0) is 16.8 Å². The Bertz CT molecular complexity index is 633. The zero-order chi connectivity index (χ0) is 17.4. The minimum Gasteiger partial charge on any atom is -0.371 e. The van der Waals surface area contributed by atoms with E-state index < -0.39 is 0 Å². The molecule has 0 bridgehead atoms. The highest BCUT2D eigenvalue weighted by molar-refractivity contribution is 5.84. The molecule has 0 unspecified atom stereocenters. The number of nitrogens with zero attached hydrogens (tertiary/aromatic N) is 1. The van der Waals surface area contributed by atoms with Gasteiger partial charge in [0.05, 0.1) is 11.6 Å². The quantitative estimate of drug-likeness (QED) is 0.599. The van der Waals surface area contributed by atoms with Crippen LogP contribution in [0.5, 0.6) is 0 Å². The topological polar surface area (TPSA) is 33.6 Å². The highest BCUT2D eigenvalue weighted by Gasteiger charge is 2.20. The molecule has 2 aromatic carbocycles. The second-order valence-corrected chi connectivity index (χ2v) is 6.68. The third-order valence-electron chi connectivity index (χ3n) is 3.79. The molecule has 0 saturated heterocycles. The van der Waals surface area contributed by atoms with Crippen LogP contribution in [0.15, 0.2) is 65.7 Å². The summed E-state index contributed by atoms with van der Waals surface area (Å²) in [5, 5.41) is 3.44. The first-order valence-electron chi connectivity index (χ1n) is 8.51. The highest BCUT2D eigenvalue weighted by atomic mass is 16.5. The Morgan fingerprint density at radius 1 is 1.00 bits per heavy atom. The summed E-state index contributed by atoms with van der Waals surface area (Å²) in [6.07, 6.45) is 0.175. The van der Waals surface area contributed by atoms with Crippen LogP contribution in [0.1, 0.15) is 38.8 Å². The molecule has 0 aliphatic rings. The van der Waals surface area contributed by atoms with Crippen molar-refractivity contribution in [1.82, 2.24) is 5.32 Å². The number of benzene rings is 2. The summed E-state index contributed by atoms with van der Waals surface area (Å²) in [4.78, 5) is 4.95. The Kier molecular flexibility index (Phi) is 6.56. The van der Waals surface area contributed by atoms with Crippen molar-refractivity contribution in [3.8, 4) is 0 Å². The number of hydrogen-bond acceptors (Lipinski definition) is 2. The summed E-state index contributed by atoms with van der Waals surface area (Å²) in [7, 11) is 0. The molecule has 1 N–H and O–H groups in total. The summed E-state index contributed by atoms with van der Waals surface area (Å²) >= 11 is 0. The summed E-state index contributed by atoms with van der Waals surface area (Å²) in [6, 6.07) is 20.7. The molecule has 3 nitrogen and oxygen atoms in total. The Hall–Kier alpha value is -2.13. The van der Waals surface area contributed by atoms with Gasteiger partial charge in [-0.3, -0.25) is 4.99 Å². The fourth-order valence-corrected chi connectivity index (χ4v) is 2.42. The molecule has 0 aliphatic heterocycles. The lowest BCUT2D eigenvalue weighted by Crippen LogP contribution is -2.32. The van der Waals surface area contributed by atoms with Crippen LogP contribution in [-0.4, -0.2) is 18.5 Å². The Morgan fingerprint density at radius 2 is 1.58 bits per heavy atom. The minimum atomic E-state index is -0.305. The molecule has 0 aliphatic carbocycles. The molecule has 0 radical (unpaired) electrons. The van der Waals surface area contributed by atoms with Crippen LogP contribution in [0.25, 0.3) is 0 Å². The monoisotopic (exact) mass is 324 g/mol. The normalized spacial score (nSPS) is 12.5. The van der Waals surface area contributed by atoms with Gasteiger partial charge in [-0.15, -0.1) is 0 Å². The second kappa shape index (κ2) is 8.65. The van der Waals surface area contributed by atoms with Gasteiger partial charge in [-0.1, -0.05) is 60.7 Å². The Morgan fingerprint density at radius 3 is 2.17 bits per heavy atom. The summed E-state index contributed by atoms with van der Waals surface area (Å²) in [5.41, 5.74) is 2.11. The van der Waals surface area contributed by atoms with E-state index in [0.29, 0.717) is 6.61 Å². The molecule has 24 heavy (non-hydrogen) atoms. The van der Waals surface area contributed by atoms with Crippen molar-refractivity contribution < 1.29 is 4.74 Å². The van der Waals surface area contributed by atoms with Crippen LogP contribution < -0.4 is 5.32 Å². The fraction of sp³-hybridized carbons (Fsp3) is 0.381. The fourth-order valence-electron chi connectivity index (χ4n) is 2.42. The van der Waals surface area contributed by atoms with E-state index in [-0.39, 0.29) is 11.6 Å². The molecule has 0 amide bonds. The molecular formula is C21H28N2O. The van der Waals surface area contributed by atoms with Crippen molar-refractivity contribution in [1.29, 1.82) is 0 Å². The average Bonchev–Trinajstić information content (AvgIpc) is 2.59. The number of nitrogens with one attached hydrogen (secondary N) is 1. The number of ether oxygens (including phenoxy) is 1. The van der Waals surface area contributed by atoms with Gasteiger partial charge in [0.2, 0.25) is 0 Å². The molecule has 2 aromatic rings. The first-order chi connectivity index (χ1) is 11.5. The standard InChI is InChI=1S/C21H28N2O/c1-17(2)24-16-20(22-15-18-11-7-5-8-12-18)23-21(3,4)19-13-9-6-10-14-19/h5-14,17H,15-16H2,1-4H3,(H,22,23). The van der Waals surface area contributed by atoms with E-state index in [0.717, 1.165) is 12.4 Å². The van der Waals surface area contributed by atoms with Gasteiger partial charge in [-0.25, -0.2) is 0 Å². The van der Waals surface area contributed by atoms with Gasteiger partial charge in [-0.2, -0.15) is 0 Å². The van der Waals surface area contributed by atoms with Crippen molar-refractivity contribution >= 4 is 5.84 Å². The van der Waals surface area contributed by atoms with E-state index in [1.165, 1.54) is 11.1 Å². The van der Waals surface area contributed by atoms with E-state index in [4.69, 9.17) is 9.73 Å². The van der Waals surface area contributed by atoms with Crippen molar-refractivity contribution in [2.24, 2.45) is 4.99 Å². The van der Waals surface area contributed by atoms with Crippen LogP contribution in [0, 0.1) is 0 Å². The number of rotatable bonds is 7. The minimum absolute atomic E-state index is 0.175. The molecule has 0 fully saturated rings.